The quantitative estimate of drug-likeness (QED) is 0.405. The number of anilines is 1. The van der Waals surface area contributed by atoms with Gasteiger partial charge in [-0.2, -0.15) is 0 Å². The molecule has 0 unspecified atom stereocenters. The highest BCUT2D eigenvalue weighted by molar-refractivity contribution is 6.08. The largest absolute Gasteiger partial charge is 0.505 e. The predicted molar refractivity (Wildman–Crippen MR) is 113 cm³/mol. The molecule has 2 heterocycles. The number of benzene rings is 3. The van der Waals surface area contributed by atoms with Gasteiger partial charge in [0.05, 0.1) is 11.4 Å². The van der Waals surface area contributed by atoms with E-state index in [9.17, 15) is 15.0 Å². The first-order valence-corrected chi connectivity index (χ1v) is 9.50. The number of aromatic hydroxyl groups is 2. The van der Waals surface area contributed by atoms with Crippen molar-refractivity contribution in [3.8, 4) is 28.8 Å². The summed E-state index contributed by atoms with van der Waals surface area (Å²) in [4.78, 5) is 12.8. The van der Waals surface area contributed by atoms with Crippen molar-refractivity contribution in [3.05, 3.63) is 95.7 Å². The summed E-state index contributed by atoms with van der Waals surface area (Å²) in [7, 11) is 0. The van der Waals surface area contributed by atoms with E-state index in [1.165, 1.54) is 4.57 Å². The molecule has 1 amide bonds. The van der Waals surface area contributed by atoms with E-state index in [1.807, 2.05) is 54.6 Å². The third-order valence-electron chi connectivity index (χ3n) is 5.12. The molecule has 148 valence electrons. The van der Waals surface area contributed by atoms with Crippen LogP contribution in [-0.4, -0.2) is 20.7 Å². The lowest BCUT2D eigenvalue weighted by Crippen LogP contribution is -2.12. The maximum absolute atomic E-state index is 12.8. The molecule has 0 saturated carbocycles. The van der Waals surface area contributed by atoms with E-state index >= 15 is 0 Å². The summed E-state index contributed by atoms with van der Waals surface area (Å²) in [6.45, 7) is 0. The van der Waals surface area contributed by atoms with Crippen molar-refractivity contribution in [1.82, 2.24) is 4.57 Å². The number of nitrogens with zero attached hydrogens (tertiary/aromatic N) is 1. The monoisotopic (exact) mass is 398 g/mol. The van der Waals surface area contributed by atoms with Crippen molar-refractivity contribution in [1.29, 1.82) is 0 Å². The summed E-state index contributed by atoms with van der Waals surface area (Å²) in [5.41, 5.74) is 2.64. The molecule has 1 aromatic heterocycles. The Bertz CT molecular complexity index is 1240. The first-order chi connectivity index (χ1) is 14.6. The number of ether oxygens (including phenoxy) is 1. The van der Waals surface area contributed by atoms with Gasteiger partial charge in [0.15, 0.2) is 5.75 Å². The zero-order valence-electron chi connectivity index (χ0n) is 15.9. The van der Waals surface area contributed by atoms with Crippen LogP contribution in [0.1, 0.15) is 21.6 Å². The van der Waals surface area contributed by atoms with E-state index in [4.69, 9.17) is 4.74 Å². The highest BCUT2D eigenvalue weighted by atomic mass is 16.5. The first kappa shape index (κ1) is 17.9. The predicted octanol–water partition coefficient (Wildman–Crippen LogP) is 4.84. The molecule has 4 aromatic rings. The van der Waals surface area contributed by atoms with Gasteiger partial charge in [-0.25, -0.2) is 0 Å². The zero-order chi connectivity index (χ0) is 20.7. The number of carbonyl (C=O) groups excluding carboxylic acids is 1. The van der Waals surface area contributed by atoms with Crippen LogP contribution in [0.2, 0.25) is 0 Å². The van der Waals surface area contributed by atoms with E-state index in [1.54, 1.807) is 24.3 Å². The summed E-state index contributed by atoms with van der Waals surface area (Å²) < 4.78 is 7.26. The molecule has 0 radical (unpaired) electrons. The van der Waals surface area contributed by atoms with Gasteiger partial charge in [-0.05, 0) is 48.0 Å². The number of carbonyl (C=O) groups is 1. The van der Waals surface area contributed by atoms with Gasteiger partial charge < -0.3 is 20.3 Å². The SMILES string of the molecule is O=C(Nc1ccc(Oc2ccccc2)cc1)c1c(O)c2n(c1O)-c1ccccc1C2. The van der Waals surface area contributed by atoms with Gasteiger partial charge in [0.1, 0.15) is 17.1 Å². The van der Waals surface area contributed by atoms with Crippen molar-refractivity contribution in [2.45, 2.75) is 6.42 Å². The van der Waals surface area contributed by atoms with Gasteiger partial charge in [0.25, 0.3) is 5.91 Å². The molecule has 0 bridgehead atoms. The van der Waals surface area contributed by atoms with E-state index < -0.39 is 5.91 Å². The molecule has 30 heavy (non-hydrogen) atoms. The third kappa shape index (κ3) is 2.95. The molecule has 3 N–H and O–H groups in total. The van der Waals surface area contributed by atoms with Crippen LogP contribution in [0.25, 0.3) is 5.69 Å². The average Bonchev–Trinajstić information content (AvgIpc) is 3.26. The molecule has 5 rings (SSSR count). The molecule has 1 aliphatic heterocycles. The standard InChI is InChI=1S/C24H18N2O4/c27-22-20-14-15-6-4-5-9-19(15)26(20)24(29)21(22)23(28)25-16-10-12-18(13-11-16)30-17-7-2-1-3-8-17/h1-13,27,29H,14H2,(H,25,28). The smallest absolute Gasteiger partial charge is 0.264 e. The Morgan fingerprint density at radius 3 is 2.30 bits per heavy atom. The van der Waals surface area contributed by atoms with Crippen LogP contribution < -0.4 is 10.1 Å². The lowest BCUT2D eigenvalue weighted by atomic mass is 10.1. The number of fused-ring (bicyclic) bond motifs is 3. The molecule has 0 saturated heterocycles. The summed E-state index contributed by atoms with van der Waals surface area (Å²) in [5.74, 6) is 0.289. The number of hydrogen-bond acceptors (Lipinski definition) is 4. The Labute approximate surface area is 172 Å². The molecule has 0 atom stereocenters. The van der Waals surface area contributed by atoms with Crippen molar-refractivity contribution in [2.75, 3.05) is 5.32 Å². The lowest BCUT2D eigenvalue weighted by Gasteiger charge is -2.09. The van der Waals surface area contributed by atoms with E-state index in [-0.39, 0.29) is 17.2 Å². The Morgan fingerprint density at radius 2 is 1.53 bits per heavy atom. The minimum absolute atomic E-state index is 0.135. The van der Waals surface area contributed by atoms with Crippen molar-refractivity contribution in [2.24, 2.45) is 0 Å². The van der Waals surface area contributed by atoms with Crippen LogP contribution in [-0.2, 0) is 6.42 Å². The number of nitrogens with one attached hydrogen (secondary N) is 1. The molecular formula is C24H18N2O4. The zero-order valence-corrected chi connectivity index (χ0v) is 15.9. The maximum Gasteiger partial charge on any atom is 0.264 e. The second-order valence-electron chi connectivity index (χ2n) is 7.03. The molecule has 0 aliphatic carbocycles. The minimum Gasteiger partial charge on any atom is -0.505 e. The summed E-state index contributed by atoms with van der Waals surface area (Å²) >= 11 is 0. The van der Waals surface area contributed by atoms with E-state index in [0.29, 0.717) is 29.3 Å². The lowest BCUT2D eigenvalue weighted by molar-refractivity contribution is 0.102. The fourth-order valence-electron chi connectivity index (χ4n) is 3.71. The Kier molecular flexibility index (Phi) is 4.17. The van der Waals surface area contributed by atoms with Gasteiger partial charge in [-0.1, -0.05) is 36.4 Å². The highest BCUT2D eigenvalue weighted by Crippen LogP contribution is 2.43. The fourth-order valence-corrected chi connectivity index (χ4v) is 3.71. The average molecular weight is 398 g/mol. The van der Waals surface area contributed by atoms with Gasteiger partial charge in [0.2, 0.25) is 5.88 Å². The molecule has 0 fully saturated rings. The molecular weight excluding hydrogens is 380 g/mol. The number of para-hydroxylation sites is 2. The van der Waals surface area contributed by atoms with Crippen LogP contribution in [0, 0.1) is 0 Å². The molecule has 3 aromatic carbocycles. The minimum atomic E-state index is -0.582. The number of aromatic nitrogens is 1. The fraction of sp³-hybridized carbons (Fsp3) is 0.0417. The highest BCUT2D eigenvalue weighted by Gasteiger charge is 2.32. The Hall–Kier alpha value is -4.19. The van der Waals surface area contributed by atoms with Crippen LogP contribution in [0.3, 0.4) is 0 Å². The summed E-state index contributed by atoms with van der Waals surface area (Å²) in [5, 5.41) is 24.0. The topological polar surface area (TPSA) is 83.7 Å². The van der Waals surface area contributed by atoms with Gasteiger partial charge >= 0.3 is 0 Å². The van der Waals surface area contributed by atoms with Crippen LogP contribution in [0.5, 0.6) is 23.1 Å². The Morgan fingerprint density at radius 1 is 0.867 bits per heavy atom. The molecule has 6 nitrogen and oxygen atoms in total. The normalized spacial score (nSPS) is 11.6. The van der Waals surface area contributed by atoms with Crippen molar-refractivity contribution < 1.29 is 19.7 Å². The molecule has 1 aliphatic rings. The Balaban J connectivity index is 1.37. The van der Waals surface area contributed by atoms with E-state index in [0.717, 1.165) is 11.3 Å². The maximum atomic E-state index is 12.8. The summed E-state index contributed by atoms with van der Waals surface area (Å²) in [6.07, 6.45) is 0.453. The van der Waals surface area contributed by atoms with Gasteiger partial charge in [-0.15, -0.1) is 0 Å². The second kappa shape index (κ2) is 7.00. The van der Waals surface area contributed by atoms with Crippen LogP contribution in [0.4, 0.5) is 5.69 Å². The molecule has 0 spiro atoms. The second-order valence-corrected chi connectivity index (χ2v) is 7.03. The number of amides is 1. The van der Waals surface area contributed by atoms with Crippen molar-refractivity contribution >= 4 is 11.6 Å². The van der Waals surface area contributed by atoms with Gasteiger partial charge in [-0.3, -0.25) is 9.36 Å². The van der Waals surface area contributed by atoms with Crippen LogP contribution >= 0.6 is 0 Å². The van der Waals surface area contributed by atoms with Crippen LogP contribution in [0.15, 0.2) is 78.9 Å². The number of rotatable bonds is 4. The summed E-state index contributed by atoms with van der Waals surface area (Å²) in [6, 6.07) is 23.8. The number of hydrogen-bond donors (Lipinski definition) is 3. The first-order valence-electron chi connectivity index (χ1n) is 9.50. The molecule has 6 heteroatoms. The van der Waals surface area contributed by atoms with Gasteiger partial charge in [0, 0.05) is 12.1 Å². The van der Waals surface area contributed by atoms with Crippen molar-refractivity contribution in [3.63, 3.8) is 0 Å². The van der Waals surface area contributed by atoms with E-state index in [2.05, 4.69) is 5.32 Å². The third-order valence-corrected chi connectivity index (χ3v) is 5.12.